The summed E-state index contributed by atoms with van der Waals surface area (Å²) in [4.78, 5) is 0. The molecule has 3 heteroatoms. The van der Waals surface area contributed by atoms with Gasteiger partial charge in [0.05, 0.1) is 7.11 Å². The summed E-state index contributed by atoms with van der Waals surface area (Å²) in [6.07, 6.45) is 1.63. The number of alkyl halides is 1. The van der Waals surface area contributed by atoms with Gasteiger partial charge in [-0.25, -0.2) is 4.39 Å². The molecular weight excluding hydrogens is 217 g/mol. The lowest BCUT2D eigenvalue weighted by atomic mass is 9.88. The zero-order valence-corrected chi connectivity index (χ0v) is 10.7. The number of benzene rings is 1. The van der Waals surface area contributed by atoms with Crippen molar-refractivity contribution in [1.82, 2.24) is 0 Å². The van der Waals surface area contributed by atoms with Crippen molar-refractivity contribution in [3.05, 3.63) is 28.8 Å². The predicted molar refractivity (Wildman–Crippen MR) is 67.1 cm³/mol. The maximum absolute atomic E-state index is 15.0. The van der Waals surface area contributed by atoms with E-state index in [1.54, 1.807) is 7.11 Å². The normalized spacial score (nSPS) is 28.4. The average Bonchev–Trinajstić information content (AvgIpc) is 2.57. The predicted octanol–water partition coefficient (Wildman–Crippen LogP) is 2.99. The molecule has 0 aliphatic heterocycles. The molecule has 1 fully saturated rings. The molecule has 94 valence electrons. The zero-order chi connectivity index (χ0) is 12.6. The minimum Gasteiger partial charge on any atom is -0.496 e. The van der Waals surface area contributed by atoms with Crippen LogP contribution < -0.4 is 10.5 Å². The van der Waals surface area contributed by atoms with E-state index < -0.39 is 5.67 Å². The van der Waals surface area contributed by atoms with Crippen LogP contribution in [0, 0.1) is 13.8 Å². The molecule has 0 amide bonds. The van der Waals surface area contributed by atoms with Gasteiger partial charge < -0.3 is 10.5 Å². The van der Waals surface area contributed by atoms with Gasteiger partial charge in [0.1, 0.15) is 11.4 Å². The second-order valence-electron chi connectivity index (χ2n) is 5.13. The number of ether oxygens (including phenoxy) is 1. The van der Waals surface area contributed by atoms with Crippen LogP contribution in [0.5, 0.6) is 5.75 Å². The zero-order valence-electron chi connectivity index (χ0n) is 10.7. The van der Waals surface area contributed by atoms with E-state index in [1.807, 2.05) is 26.0 Å². The molecule has 0 saturated heterocycles. The smallest absolute Gasteiger partial charge is 0.141 e. The van der Waals surface area contributed by atoms with Crippen molar-refractivity contribution in [2.24, 2.45) is 5.73 Å². The quantitative estimate of drug-likeness (QED) is 0.858. The van der Waals surface area contributed by atoms with E-state index in [-0.39, 0.29) is 6.04 Å². The Morgan fingerprint density at radius 1 is 1.41 bits per heavy atom. The molecule has 2 atom stereocenters. The van der Waals surface area contributed by atoms with E-state index in [1.165, 1.54) is 0 Å². The van der Waals surface area contributed by atoms with Gasteiger partial charge in [-0.1, -0.05) is 6.07 Å². The minimum atomic E-state index is -1.32. The Bertz CT molecular complexity index is 432. The standard InChI is InChI=1S/C14H20FNO/c1-9-6-10(2)13(12(7-9)17-3)14(15)5-4-11(16)8-14/h6-7,11H,4-5,8,16H2,1-3H3. The van der Waals surface area contributed by atoms with Gasteiger partial charge in [-0.15, -0.1) is 0 Å². The Balaban J connectivity index is 2.51. The van der Waals surface area contributed by atoms with Crippen LogP contribution in [0.2, 0.25) is 0 Å². The third-order valence-corrected chi connectivity index (χ3v) is 3.61. The van der Waals surface area contributed by atoms with Crippen molar-refractivity contribution in [3.8, 4) is 5.75 Å². The van der Waals surface area contributed by atoms with Crippen LogP contribution in [0.25, 0.3) is 0 Å². The fourth-order valence-electron chi connectivity index (χ4n) is 2.92. The second-order valence-corrected chi connectivity index (χ2v) is 5.13. The average molecular weight is 237 g/mol. The van der Waals surface area contributed by atoms with Crippen molar-refractivity contribution in [3.63, 3.8) is 0 Å². The molecule has 0 bridgehead atoms. The molecule has 0 heterocycles. The highest BCUT2D eigenvalue weighted by Gasteiger charge is 2.42. The molecule has 2 nitrogen and oxygen atoms in total. The van der Waals surface area contributed by atoms with Crippen molar-refractivity contribution in [2.75, 3.05) is 7.11 Å². The van der Waals surface area contributed by atoms with Crippen LogP contribution in [0.1, 0.15) is 36.0 Å². The van der Waals surface area contributed by atoms with Gasteiger partial charge in [-0.3, -0.25) is 0 Å². The van der Waals surface area contributed by atoms with Gasteiger partial charge in [0.25, 0.3) is 0 Å². The Morgan fingerprint density at radius 3 is 2.65 bits per heavy atom. The molecule has 0 spiro atoms. The highest BCUT2D eigenvalue weighted by molar-refractivity contribution is 5.47. The first kappa shape index (κ1) is 12.4. The molecule has 1 aromatic rings. The van der Waals surface area contributed by atoms with Gasteiger partial charge in [-0.05, 0) is 43.9 Å². The van der Waals surface area contributed by atoms with Crippen molar-refractivity contribution < 1.29 is 9.13 Å². The molecular formula is C14H20FNO. The topological polar surface area (TPSA) is 35.2 Å². The first-order valence-corrected chi connectivity index (χ1v) is 6.06. The van der Waals surface area contributed by atoms with Gasteiger partial charge in [0, 0.05) is 18.0 Å². The van der Waals surface area contributed by atoms with E-state index in [2.05, 4.69) is 0 Å². The molecule has 0 radical (unpaired) electrons. The lowest BCUT2D eigenvalue weighted by Crippen LogP contribution is -2.23. The fourth-order valence-corrected chi connectivity index (χ4v) is 2.92. The molecule has 2 unspecified atom stereocenters. The summed E-state index contributed by atoms with van der Waals surface area (Å²) < 4.78 is 20.3. The van der Waals surface area contributed by atoms with Crippen LogP contribution >= 0.6 is 0 Å². The van der Waals surface area contributed by atoms with Gasteiger partial charge in [0.15, 0.2) is 0 Å². The maximum atomic E-state index is 15.0. The number of methoxy groups -OCH3 is 1. The molecule has 1 aliphatic carbocycles. The van der Waals surface area contributed by atoms with Crippen LogP contribution in [0.4, 0.5) is 4.39 Å². The fraction of sp³-hybridized carbons (Fsp3) is 0.571. The molecule has 2 rings (SSSR count). The molecule has 17 heavy (non-hydrogen) atoms. The molecule has 0 aromatic heterocycles. The molecule has 1 aromatic carbocycles. The minimum absolute atomic E-state index is 0.0367. The van der Waals surface area contributed by atoms with Crippen molar-refractivity contribution in [1.29, 1.82) is 0 Å². The number of hydrogen-bond acceptors (Lipinski definition) is 2. The number of nitrogens with two attached hydrogens (primary N) is 1. The van der Waals surface area contributed by atoms with E-state index in [0.717, 1.165) is 17.5 Å². The summed E-state index contributed by atoms with van der Waals surface area (Å²) in [6.45, 7) is 3.93. The monoisotopic (exact) mass is 237 g/mol. The Hall–Kier alpha value is -1.09. The summed E-state index contributed by atoms with van der Waals surface area (Å²) in [7, 11) is 1.59. The summed E-state index contributed by atoms with van der Waals surface area (Å²) in [6, 6.07) is 3.86. The van der Waals surface area contributed by atoms with Gasteiger partial charge in [-0.2, -0.15) is 0 Å². The number of rotatable bonds is 2. The number of halogens is 1. The third-order valence-electron chi connectivity index (χ3n) is 3.61. The van der Waals surface area contributed by atoms with Crippen molar-refractivity contribution >= 4 is 0 Å². The molecule has 2 N–H and O–H groups in total. The summed E-state index contributed by atoms with van der Waals surface area (Å²) in [5, 5.41) is 0. The highest BCUT2D eigenvalue weighted by Crippen LogP contribution is 2.47. The Labute approximate surface area is 102 Å². The van der Waals surface area contributed by atoms with Crippen LogP contribution in [-0.4, -0.2) is 13.2 Å². The number of aryl methyl sites for hydroxylation is 2. The first-order valence-electron chi connectivity index (χ1n) is 6.06. The van der Waals surface area contributed by atoms with E-state index >= 15 is 0 Å². The van der Waals surface area contributed by atoms with Crippen LogP contribution in [-0.2, 0) is 5.67 Å². The van der Waals surface area contributed by atoms with Crippen molar-refractivity contribution in [2.45, 2.75) is 44.8 Å². The van der Waals surface area contributed by atoms with Gasteiger partial charge >= 0.3 is 0 Å². The molecule has 1 saturated carbocycles. The Kier molecular flexibility index (Phi) is 3.13. The van der Waals surface area contributed by atoms with Gasteiger partial charge in [0.2, 0.25) is 0 Å². The van der Waals surface area contributed by atoms with Crippen LogP contribution in [0.3, 0.4) is 0 Å². The van der Waals surface area contributed by atoms with Crippen LogP contribution in [0.15, 0.2) is 12.1 Å². The molecule has 1 aliphatic rings. The van der Waals surface area contributed by atoms with E-state index in [4.69, 9.17) is 10.5 Å². The first-order chi connectivity index (χ1) is 7.96. The van der Waals surface area contributed by atoms with E-state index in [9.17, 15) is 4.39 Å². The lowest BCUT2D eigenvalue weighted by molar-refractivity contribution is 0.165. The second kappa shape index (κ2) is 4.30. The lowest BCUT2D eigenvalue weighted by Gasteiger charge is -2.25. The van der Waals surface area contributed by atoms with E-state index in [0.29, 0.717) is 24.2 Å². The largest absolute Gasteiger partial charge is 0.496 e. The Morgan fingerprint density at radius 2 is 2.12 bits per heavy atom. The number of hydrogen-bond donors (Lipinski definition) is 1. The highest BCUT2D eigenvalue weighted by atomic mass is 19.1. The SMILES string of the molecule is COc1cc(C)cc(C)c1C1(F)CCC(N)C1. The summed E-state index contributed by atoms with van der Waals surface area (Å²) in [5.41, 5.74) is 7.26. The maximum Gasteiger partial charge on any atom is 0.141 e. The third kappa shape index (κ3) is 2.16. The summed E-state index contributed by atoms with van der Waals surface area (Å²) in [5.74, 6) is 0.652. The summed E-state index contributed by atoms with van der Waals surface area (Å²) >= 11 is 0.